The van der Waals surface area contributed by atoms with Crippen LogP contribution in [0, 0.1) is 10.9 Å². The maximum absolute atomic E-state index is 5.39. The first-order chi connectivity index (χ1) is 6.24. The van der Waals surface area contributed by atoms with Crippen molar-refractivity contribution in [2.24, 2.45) is 0 Å². The molecule has 0 aliphatic rings. The fourth-order valence-electron chi connectivity index (χ4n) is 0.861. The summed E-state index contributed by atoms with van der Waals surface area (Å²) in [6.45, 7) is 7.15. The second kappa shape index (κ2) is 7.36. The summed E-state index contributed by atoms with van der Waals surface area (Å²) >= 11 is 5.33. The Balaban J connectivity index is 4.44. The van der Waals surface area contributed by atoms with Gasteiger partial charge in [-0.25, -0.2) is 0 Å². The van der Waals surface area contributed by atoms with Gasteiger partial charge in [0.1, 0.15) is 0 Å². The standard InChI is InChI=1S/C8H15ClO3Si/c1-4-10-13(8-7-9,11-5-2)12-6-3/h4-6H2,1-3H3. The van der Waals surface area contributed by atoms with Crippen molar-refractivity contribution < 1.29 is 13.3 Å². The molecule has 0 saturated heterocycles. The van der Waals surface area contributed by atoms with E-state index in [1.807, 2.05) is 20.8 Å². The lowest BCUT2D eigenvalue weighted by Crippen LogP contribution is -2.45. The molecule has 0 unspecified atom stereocenters. The number of rotatable bonds is 6. The number of hydrogen-bond acceptors (Lipinski definition) is 3. The van der Waals surface area contributed by atoms with Crippen molar-refractivity contribution >= 4 is 20.4 Å². The minimum atomic E-state index is -2.79. The van der Waals surface area contributed by atoms with Crippen molar-refractivity contribution in [2.45, 2.75) is 20.8 Å². The molecule has 0 bridgehead atoms. The molecule has 0 aromatic carbocycles. The molecule has 5 heteroatoms. The van der Waals surface area contributed by atoms with Crippen molar-refractivity contribution in [1.82, 2.24) is 0 Å². The Bertz CT molecular complexity index is 171. The Morgan fingerprint density at radius 3 is 1.62 bits per heavy atom. The zero-order chi connectivity index (χ0) is 10.2. The molecule has 0 saturated carbocycles. The van der Waals surface area contributed by atoms with Crippen molar-refractivity contribution in [3.63, 3.8) is 0 Å². The summed E-state index contributed by atoms with van der Waals surface area (Å²) in [7, 11) is -2.79. The molecule has 0 atom stereocenters. The van der Waals surface area contributed by atoms with Gasteiger partial charge in [-0.05, 0) is 37.9 Å². The molecular weight excluding hydrogens is 208 g/mol. The average Bonchev–Trinajstić information content (AvgIpc) is 2.06. The predicted octanol–water partition coefficient (Wildman–Crippen LogP) is 1.77. The van der Waals surface area contributed by atoms with Gasteiger partial charge in [0.05, 0.1) is 0 Å². The molecule has 0 aromatic rings. The minimum Gasteiger partial charge on any atom is -0.364 e. The largest absolute Gasteiger partial charge is 0.592 e. The summed E-state index contributed by atoms with van der Waals surface area (Å²) in [5, 5.41) is 2.27. The van der Waals surface area contributed by atoms with Crippen LogP contribution in [0.2, 0.25) is 0 Å². The third-order valence-corrected chi connectivity index (χ3v) is 3.89. The molecule has 0 aromatic heterocycles. The van der Waals surface area contributed by atoms with Gasteiger partial charge in [-0.15, -0.1) is 0 Å². The first kappa shape index (κ1) is 12.9. The zero-order valence-corrected chi connectivity index (χ0v) is 9.98. The lowest BCUT2D eigenvalue weighted by Gasteiger charge is -2.22. The van der Waals surface area contributed by atoms with Crippen LogP contribution >= 0.6 is 11.6 Å². The van der Waals surface area contributed by atoms with Crippen LogP contribution in [0.1, 0.15) is 20.8 Å². The van der Waals surface area contributed by atoms with Gasteiger partial charge in [0.15, 0.2) is 0 Å². The van der Waals surface area contributed by atoms with E-state index in [9.17, 15) is 0 Å². The lowest BCUT2D eigenvalue weighted by atomic mass is 10.9. The van der Waals surface area contributed by atoms with Gasteiger partial charge >= 0.3 is 8.80 Å². The molecule has 0 radical (unpaired) electrons. The van der Waals surface area contributed by atoms with E-state index in [4.69, 9.17) is 24.9 Å². The summed E-state index contributed by atoms with van der Waals surface area (Å²) in [4.78, 5) is 0. The van der Waals surface area contributed by atoms with Gasteiger partial charge < -0.3 is 13.3 Å². The van der Waals surface area contributed by atoms with Gasteiger partial charge in [-0.1, -0.05) is 0 Å². The van der Waals surface area contributed by atoms with Crippen molar-refractivity contribution in [2.75, 3.05) is 19.8 Å². The van der Waals surface area contributed by atoms with Gasteiger partial charge in [0.25, 0.3) is 0 Å². The van der Waals surface area contributed by atoms with E-state index >= 15 is 0 Å². The highest BCUT2D eigenvalue weighted by atomic mass is 35.5. The van der Waals surface area contributed by atoms with Crippen molar-refractivity contribution in [3.8, 4) is 10.9 Å². The van der Waals surface area contributed by atoms with Gasteiger partial charge in [-0.3, -0.25) is 0 Å². The molecule has 0 rings (SSSR count). The molecule has 13 heavy (non-hydrogen) atoms. The summed E-state index contributed by atoms with van der Waals surface area (Å²) < 4.78 is 16.2. The third kappa shape index (κ3) is 4.65. The molecule has 0 amide bonds. The Morgan fingerprint density at radius 2 is 1.38 bits per heavy atom. The first-order valence-corrected chi connectivity index (χ1v) is 6.39. The van der Waals surface area contributed by atoms with E-state index in [-0.39, 0.29) is 0 Å². The Labute approximate surface area is 85.7 Å². The summed E-state index contributed by atoms with van der Waals surface area (Å²) in [5.74, 6) is 0. The Morgan fingerprint density at radius 1 is 1.00 bits per heavy atom. The molecule has 0 aliphatic carbocycles. The third-order valence-electron chi connectivity index (χ3n) is 1.20. The molecular formula is C8H15ClO3Si. The Hall–Kier alpha value is -0.0531. The molecule has 3 nitrogen and oxygen atoms in total. The predicted molar refractivity (Wildman–Crippen MR) is 54.3 cm³/mol. The van der Waals surface area contributed by atoms with E-state index in [1.54, 1.807) is 0 Å². The summed E-state index contributed by atoms with van der Waals surface area (Å²) in [5.41, 5.74) is 2.69. The zero-order valence-electron chi connectivity index (χ0n) is 8.22. The smallest absolute Gasteiger partial charge is 0.364 e. The highest BCUT2D eigenvalue weighted by Gasteiger charge is 2.39. The molecule has 76 valence electrons. The van der Waals surface area contributed by atoms with E-state index in [0.29, 0.717) is 19.8 Å². The number of halogens is 1. The van der Waals surface area contributed by atoms with E-state index in [0.717, 1.165) is 0 Å². The highest BCUT2D eigenvalue weighted by molar-refractivity contribution is 6.70. The maximum Gasteiger partial charge on any atom is 0.592 e. The van der Waals surface area contributed by atoms with Crippen LogP contribution < -0.4 is 0 Å². The van der Waals surface area contributed by atoms with Crippen molar-refractivity contribution in [1.29, 1.82) is 0 Å². The van der Waals surface area contributed by atoms with Gasteiger partial charge in [0, 0.05) is 25.2 Å². The van der Waals surface area contributed by atoms with Crippen molar-refractivity contribution in [3.05, 3.63) is 0 Å². The maximum atomic E-state index is 5.39. The normalized spacial score (nSPS) is 10.8. The van der Waals surface area contributed by atoms with E-state index in [1.165, 1.54) is 0 Å². The second-order valence-electron chi connectivity index (χ2n) is 2.07. The van der Waals surface area contributed by atoms with Gasteiger partial charge in [-0.2, -0.15) is 0 Å². The lowest BCUT2D eigenvalue weighted by molar-refractivity contribution is 0.0871. The van der Waals surface area contributed by atoms with E-state index < -0.39 is 8.80 Å². The Kier molecular flexibility index (Phi) is 7.33. The molecule has 0 fully saturated rings. The van der Waals surface area contributed by atoms with Crippen LogP contribution in [0.3, 0.4) is 0 Å². The SMILES string of the molecule is CCO[Si](C#CCl)(OCC)OCC. The van der Waals surface area contributed by atoms with Crippen LogP contribution in [0.25, 0.3) is 0 Å². The van der Waals surface area contributed by atoms with Crippen LogP contribution in [0.15, 0.2) is 0 Å². The molecule has 0 spiro atoms. The van der Waals surface area contributed by atoms with E-state index in [2.05, 4.69) is 10.9 Å². The quantitative estimate of drug-likeness (QED) is 0.507. The van der Waals surface area contributed by atoms with Gasteiger partial charge in [0.2, 0.25) is 0 Å². The van der Waals surface area contributed by atoms with Crippen LogP contribution in [-0.4, -0.2) is 28.6 Å². The van der Waals surface area contributed by atoms with Crippen LogP contribution in [0.5, 0.6) is 0 Å². The molecule has 0 N–H and O–H groups in total. The monoisotopic (exact) mass is 222 g/mol. The second-order valence-corrected chi connectivity index (χ2v) is 4.49. The fourth-order valence-corrected chi connectivity index (χ4v) is 2.93. The highest BCUT2D eigenvalue weighted by Crippen LogP contribution is 2.08. The first-order valence-electron chi connectivity index (χ1n) is 4.29. The topological polar surface area (TPSA) is 27.7 Å². The molecule has 0 heterocycles. The minimum absolute atomic E-state index is 0.512. The fraction of sp³-hybridized carbons (Fsp3) is 0.750. The average molecular weight is 223 g/mol. The number of hydrogen-bond donors (Lipinski definition) is 0. The van der Waals surface area contributed by atoms with Crippen LogP contribution in [0.4, 0.5) is 0 Å². The summed E-state index contributed by atoms with van der Waals surface area (Å²) in [6, 6.07) is 0. The summed E-state index contributed by atoms with van der Waals surface area (Å²) in [6.07, 6.45) is 0. The van der Waals surface area contributed by atoms with Crippen LogP contribution in [-0.2, 0) is 13.3 Å². The molecule has 0 aliphatic heterocycles.